The van der Waals surface area contributed by atoms with E-state index in [-0.39, 0.29) is 0 Å². The third-order valence-electron chi connectivity index (χ3n) is 2.56. The molecule has 84 valence electrons. The van der Waals surface area contributed by atoms with E-state index < -0.39 is 0 Å². The zero-order valence-corrected chi connectivity index (χ0v) is 13.5. The van der Waals surface area contributed by atoms with E-state index in [0.717, 1.165) is 6.42 Å². The quantitative estimate of drug-likeness (QED) is 0.472. The van der Waals surface area contributed by atoms with Gasteiger partial charge in [-0.2, -0.15) is 0 Å². The van der Waals surface area contributed by atoms with E-state index in [4.69, 9.17) is 0 Å². The molecule has 1 heterocycles. The van der Waals surface area contributed by atoms with Crippen molar-refractivity contribution in [3.63, 3.8) is 0 Å². The van der Waals surface area contributed by atoms with Crippen molar-refractivity contribution >= 4 is 49.9 Å². The second kappa shape index (κ2) is 5.65. The molecule has 2 rings (SSSR count). The van der Waals surface area contributed by atoms with E-state index in [1.165, 1.54) is 19.6 Å². The number of hydrogen-bond donors (Lipinski definition) is 0. The Bertz CT molecular complexity index is 461. The van der Waals surface area contributed by atoms with Crippen molar-refractivity contribution in [2.24, 2.45) is 0 Å². The van der Waals surface area contributed by atoms with Gasteiger partial charge in [-0.15, -0.1) is 11.3 Å². The minimum absolute atomic E-state index is 0.318. The maximum absolute atomic E-state index is 3.76. The van der Waals surface area contributed by atoms with Crippen LogP contribution in [0.2, 0.25) is 0 Å². The lowest BCUT2D eigenvalue weighted by Gasteiger charge is -2.08. The summed E-state index contributed by atoms with van der Waals surface area (Å²) in [6.07, 6.45) is 1.10. The average molecular weight is 407 g/mol. The molecule has 1 unspecified atom stereocenters. The summed E-state index contributed by atoms with van der Waals surface area (Å²) < 4.78 is 1.34. The topological polar surface area (TPSA) is 0 Å². The van der Waals surface area contributed by atoms with Crippen molar-refractivity contribution in [3.8, 4) is 0 Å². The fraction of sp³-hybridized carbons (Fsp3) is 0.231. The number of thiophene rings is 1. The van der Waals surface area contributed by atoms with E-state index in [2.05, 4.69) is 81.2 Å². The van der Waals surface area contributed by atoms with Gasteiger partial charge in [0.05, 0.1) is 7.71 Å². The van der Waals surface area contributed by atoms with Crippen LogP contribution in [0.15, 0.2) is 35.7 Å². The predicted molar refractivity (Wildman–Crippen MR) is 83.6 cm³/mol. The Hall–Kier alpha value is 0.130. The molecule has 0 amide bonds. The maximum Gasteiger partial charge on any atom is 0.0656 e. The van der Waals surface area contributed by atoms with Gasteiger partial charge in [0.2, 0.25) is 0 Å². The molecule has 0 N–H and O–H groups in total. The van der Waals surface area contributed by atoms with E-state index in [1.54, 1.807) is 11.3 Å². The number of halogens is 2. The molecule has 0 aliphatic carbocycles. The Balaban J connectivity index is 2.23. The predicted octanol–water partition coefficient (Wildman–Crippen LogP) is 5.40. The molecule has 0 nitrogen and oxygen atoms in total. The molecule has 0 aliphatic heterocycles. The van der Waals surface area contributed by atoms with Crippen molar-refractivity contribution in [2.45, 2.75) is 18.2 Å². The molecule has 0 bridgehead atoms. The van der Waals surface area contributed by atoms with Crippen LogP contribution in [-0.4, -0.2) is 0 Å². The Morgan fingerprint density at radius 3 is 2.44 bits per heavy atom. The molecular formula is C13H12BrIS. The van der Waals surface area contributed by atoms with Crippen LogP contribution >= 0.6 is 49.9 Å². The van der Waals surface area contributed by atoms with Crippen LogP contribution in [0.5, 0.6) is 0 Å². The SMILES string of the molecule is CCc1ccc(C(Br)c2csc(I)c2)cc1. The van der Waals surface area contributed by atoms with Gasteiger partial charge in [-0.1, -0.05) is 47.1 Å². The van der Waals surface area contributed by atoms with Gasteiger partial charge in [-0.05, 0) is 57.1 Å². The average Bonchev–Trinajstić information content (AvgIpc) is 2.75. The van der Waals surface area contributed by atoms with Crippen molar-refractivity contribution < 1.29 is 0 Å². The molecule has 16 heavy (non-hydrogen) atoms. The van der Waals surface area contributed by atoms with Crippen LogP contribution in [0.1, 0.15) is 28.4 Å². The summed E-state index contributed by atoms with van der Waals surface area (Å²) >= 11 is 7.91. The molecule has 0 fully saturated rings. The van der Waals surface area contributed by atoms with Crippen LogP contribution in [-0.2, 0) is 6.42 Å². The molecule has 0 radical (unpaired) electrons. The number of hydrogen-bond acceptors (Lipinski definition) is 1. The Kier molecular flexibility index (Phi) is 4.44. The Labute approximate surface area is 122 Å². The highest BCUT2D eigenvalue weighted by Gasteiger charge is 2.11. The van der Waals surface area contributed by atoms with E-state index in [9.17, 15) is 0 Å². The number of rotatable bonds is 3. The molecule has 1 aromatic carbocycles. The summed E-state index contributed by atoms with van der Waals surface area (Å²) in [7, 11) is 0. The molecule has 1 atom stereocenters. The van der Waals surface area contributed by atoms with Gasteiger partial charge in [0.15, 0.2) is 0 Å². The first-order valence-corrected chi connectivity index (χ1v) is 8.05. The summed E-state index contributed by atoms with van der Waals surface area (Å²) in [6.45, 7) is 2.18. The van der Waals surface area contributed by atoms with Crippen LogP contribution in [0.4, 0.5) is 0 Å². The minimum atomic E-state index is 0.318. The molecule has 0 spiro atoms. The first-order valence-electron chi connectivity index (χ1n) is 5.17. The Morgan fingerprint density at radius 2 is 1.94 bits per heavy atom. The monoisotopic (exact) mass is 406 g/mol. The van der Waals surface area contributed by atoms with Gasteiger partial charge < -0.3 is 0 Å². The second-order valence-corrected chi connectivity index (χ2v) is 7.36. The van der Waals surface area contributed by atoms with Gasteiger partial charge >= 0.3 is 0 Å². The standard InChI is InChI=1S/C13H12BrIS/c1-2-9-3-5-10(6-4-9)13(14)11-7-12(15)16-8-11/h3-8,13H,2H2,1H3. The molecule has 2 aromatic rings. The highest BCUT2D eigenvalue weighted by atomic mass is 127. The first kappa shape index (κ1) is 12.6. The number of aryl methyl sites for hydroxylation is 1. The molecule has 1 aromatic heterocycles. The summed E-state index contributed by atoms with van der Waals surface area (Å²) in [5.41, 5.74) is 4.06. The first-order chi connectivity index (χ1) is 7.70. The van der Waals surface area contributed by atoms with Crippen LogP contribution in [0.3, 0.4) is 0 Å². The van der Waals surface area contributed by atoms with E-state index in [0.29, 0.717) is 4.83 Å². The molecule has 0 aliphatic rings. The summed E-state index contributed by atoms with van der Waals surface area (Å²) in [6, 6.07) is 11.1. The lowest BCUT2D eigenvalue weighted by molar-refractivity contribution is 1.12. The normalized spacial score (nSPS) is 12.7. The summed E-state index contributed by atoms with van der Waals surface area (Å²) in [4.78, 5) is 0.318. The van der Waals surface area contributed by atoms with Crippen molar-refractivity contribution in [1.82, 2.24) is 0 Å². The van der Waals surface area contributed by atoms with Gasteiger partial charge in [0.25, 0.3) is 0 Å². The van der Waals surface area contributed by atoms with Crippen LogP contribution in [0.25, 0.3) is 0 Å². The van der Waals surface area contributed by atoms with Crippen LogP contribution < -0.4 is 0 Å². The highest BCUT2D eigenvalue weighted by Crippen LogP contribution is 2.33. The van der Waals surface area contributed by atoms with Crippen molar-refractivity contribution in [3.05, 3.63) is 55.3 Å². The molecule has 0 saturated carbocycles. The lowest BCUT2D eigenvalue weighted by atomic mass is 10.0. The molecular weight excluding hydrogens is 395 g/mol. The third-order valence-corrected chi connectivity index (χ3v) is 5.43. The van der Waals surface area contributed by atoms with Crippen molar-refractivity contribution in [1.29, 1.82) is 0 Å². The fourth-order valence-corrected chi connectivity index (χ4v) is 3.71. The van der Waals surface area contributed by atoms with E-state index in [1.807, 2.05) is 0 Å². The summed E-state index contributed by atoms with van der Waals surface area (Å²) in [5.74, 6) is 0. The number of benzene rings is 1. The maximum atomic E-state index is 3.76. The van der Waals surface area contributed by atoms with Gasteiger partial charge in [-0.25, -0.2) is 0 Å². The lowest BCUT2D eigenvalue weighted by Crippen LogP contribution is -1.91. The van der Waals surface area contributed by atoms with Gasteiger partial charge in [0.1, 0.15) is 0 Å². The zero-order chi connectivity index (χ0) is 11.5. The molecule has 3 heteroatoms. The largest absolute Gasteiger partial charge is 0.137 e. The van der Waals surface area contributed by atoms with Crippen molar-refractivity contribution in [2.75, 3.05) is 0 Å². The highest BCUT2D eigenvalue weighted by molar-refractivity contribution is 14.1. The number of alkyl halides is 1. The fourth-order valence-electron chi connectivity index (χ4n) is 1.57. The zero-order valence-electron chi connectivity index (χ0n) is 8.91. The summed E-state index contributed by atoms with van der Waals surface area (Å²) in [5, 5.41) is 2.22. The third kappa shape index (κ3) is 2.87. The minimum Gasteiger partial charge on any atom is -0.137 e. The van der Waals surface area contributed by atoms with Crippen LogP contribution in [0, 0.1) is 2.88 Å². The van der Waals surface area contributed by atoms with Gasteiger partial charge in [0, 0.05) is 0 Å². The smallest absolute Gasteiger partial charge is 0.0656 e. The Morgan fingerprint density at radius 1 is 1.25 bits per heavy atom. The van der Waals surface area contributed by atoms with E-state index >= 15 is 0 Å². The van der Waals surface area contributed by atoms with Gasteiger partial charge in [-0.3, -0.25) is 0 Å². The molecule has 0 saturated heterocycles. The second-order valence-electron chi connectivity index (χ2n) is 3.64.